The standard InChI is InChI=1S/C19H20ClN3O2/c20-17-12-21-5-3-16(17)15-2-1-14-4-6-23(18(14)11-15)13-19(24)22-7-9-25-10-8-22/h1-3,5,11-12H,4,6-10,13H2. The third kappa shape index (κ3) is 3.34. The number of halogens is 1. The number of aromatic nitrogens is 1. The highest BCUT2D eigenvalue weighted by Crippen LogP contribution is 2.35. The fraction of sp³-hybridized carbons (Fsp3) is 0.368. The van der Waals surface area contributed by atoms with Crippen molar-refractivity contribution in [3.63, 3.8) is 0 Å². The van der Waals surface area contributed by atoms with E-state index in [0.717, 1.165) is 29.8 Å². The van der Waals surface area contributed by atoms with Gasteiger partial charge in [0, 0.05) is 43.3 Å². The largest absolute Gasteiger partial charge is 0.378 e. The molecule has 2 aliphatic heterocycles. The van der Waals surface area contributed by atoms with Gasteiger partial charge in [-0.1, -0.05) is 23.7 Å². The molecule has 0 spiro atoms. The summed E-state index contributed by atoms with van der Waals surface area (Å²) >= 11 is 6.28. The molecule has 0 bridgehead atoms. The van der Waals surface area contributed by atoms with Crippen molar-refractivity contribution in [2.45, 2.75) is 6.42 Å². The molecule has 1 aromatic carbocycles. The lowest BCUT2D eigenvalue weighted by molar-refractivity contribution is -0.133. The number of hydrogen-bond donors (Lipinski definition) is 0. The summed E-state index contributed by atoms with van der Waals surface area (Å²) in [5, 5.41) is 0.636. The van der Waals surface area contributed by atoms with Gasteiger partial charge in [0.2, 0.25) is 5.91 Å². The number of amides is 1. The van der Waals surface area contributed by atoms with E-state index in [4.69, 9.17) is 16.3 Å². The monoisotopic (exact) mass is 357 g/mol. The van der Waals surface area contributed by atoms with E-state index in [1.807, 2.05) is 11.0 Å². The van der Waals surface area contributed by atoms with Crippen LogP contribution in [0.2, 0.25) is 5.02 Å². The van der Waals surface area contributed by atoms with Crippen LogP contribution in [0.15, 0.2) is 36.7 Å². The predicted molar refractivity (Wildman–Crippen MR) is 98.0 cm³/mol. The lowest BCUT2D eigenvalue weighted by Gasteiger charge is -2.29. The van der Waals surface area contributed by atoms with E-state index in [9.17, 15) is 4.79 Å². The molecule has 5 nitrogen and oxygen atoms in total. The van der Waals surface area contributed by atoms with Crippen LogP contribution >= 0.6 is 11.6 Å². The quantitative estimate of drug-likeness (QED) is 0.847. The first-order chi connectivity index (χ1) is 12.2. The van der Waals surface area contributed by atoms with Gasteiger partial charge < -0.3 is 14.5 Å². The minimum atomic E-state index is 0.170. The summed E-state index contributed by atoms with van der Waals surface area (Å²) in [4.78, 5) is 20.7. The van der Waals surface area contributed by atoms with E-state index in [1.54, 1.807) is 12.4 Å². The molecule has 1 saturated heterocycles. The Kier molecular flexibility index (Phi) is 4.59. The van der Waals surface area contributed by atoms with Gasteiger partial charge in [-0.15, -0.1) is 0 Å². The number of anilines is 1. The molecule has 0 radical (unpaired) electrons. The highest BCUT2D eigenvalue weighted by molar-refractivity contribution is 6.33. The van der Waals surface area contributed by atoms with Crippen molar-refractivity contribution in [2.24, 2.45) is 0 Å². The lowest BCUT2D eigenvalue weighted by Crippen LogP contribution is -2.45. The highest BCUT2D eigenvalue weighted by Gasteiger charge is 2.25. The molecular formula is C19H20ClN3O2. The van der Waals surface area contributed by atoms with Crippen LogP contribution in [0.5, 0.6) is 0 Å². The summed E-state index contributed by atoms with van der Waals surface area (Å²) in [7, 11) is 0. The van der Waals surface area contributed by atoms with Crippen molar-refractivity contribution >= 4 is 23.2 Å². The molecule has 1 aromatic heterocycles. The zero-order chi connectivity index (χ0) is 17.2. The van der Waals surface area contributed by atoms with Gasteiger partial charge in [-0.25, -0.2) is 0 Å². The van der Waals surface area contributed by atoms with Gasteiger partial charge in [0.1, 0.15) is 0 Å². The first-order valence-electron chi connectivity index (χ1n) is 8.55. The van der Waals surface area contributed by atoms with E-state index in [1.165, 1.54) is 5.56 Å². The topological polar surface area (TPSA) is 45.7 Å². The molecule has 4 rings (SSSR count). The molecule has 0 atom stereocenters. The van der Waals surface area contributed by atoms with Gasteiger partial charge in [-0.3, -0.25) is 9.78 Å². The Morgan fingerprint density at radius 3 is 2.84 bits per heavy atom. The number of benzene rings is 1. The van der Waals surface area contributed by atoms with Crippen molar-refractivity contribution < 1.29 is 9.53 Å². The van der Waals surface area contributed by atoms with Gasteiger partial charge in [0.05, 0.1) is 24.8 Å². The fourth-order valence-corrected chi connectivity index (χ4v) is 3.69. The third-order valence-electron chi connectivity index (χ3n) is 4.85. The Hall–Kier alpha value is -2.11. The summed E-state index contributed by atoms with van der Waals surface area (Å²) in [6.07, 6.45) is 4.37. The summed E-state index contributed by atoms with van der Waals surface area (Å²) in [5.41, 5.74) is 4.43. The van der Waals surface area contributed by atoms with Crippen molar-refractivity contribution in [2.75, 3.05) is 44.3 Å². The molecule has 130 valence electrons. The summed E-state index contributed by atoms with van der Waals surface area (Å²) < 4.78 is 5.33. The maximum absolute atomic E-state index is 12.6. The lowest BCUT2D eigenvalue weighted by atomic mass is 10.0. The average Bonchev–Trinajstić information content (AvgIpc) is 3.05. The van der Waals surface area contributed by atoms with E-state index >= 15 is 0 Å². The first-order valence-corrected chi connectivity index (χ1v) is 8.93. The number of carbonyl (C=O) groups is 1. The smallest absolute Gasteiger partial charge is 0.242 e. The van der Waals surface area contributed by atoms with E-state index in [2.05, 4.69) is 28.1 Å². The summed E-state index contributed by atoms with van der Waals surface area (Å²) in [6, 6.07) is 8.28. The van der Waals surface area contributed by atoms with E-state index < -0.39 is 0 Å². The fourth-order valence-electron chi connectivity index (χ4n) is 3.46. The maximum atomic E-state index is 12.6. The van der Waals surface area contributed by atoms with Gasteiger partial charge in [-0.2, -0.15) is 0 Å². The van der Waals surface area contributed by atoms with Crippen molar-refractivity contribution in [1.82, 2.24) is 9.88 Å². The van der Waals surface area contributed by atoms with Crippen LogP contribution in [0.4, 0.5) is 5.69 Å². The Morgan fingerprint density at radius 1 is 1.20 bits per heavy atom. The molecule has 3 heterocycles. The molecule has 0 N–H and O–H groups in total. The number of ether oxygens (including phenoxy) is 1. The third-order valence-corrected chi connectivity index (χ3v) is 5.15. The molecule has 6 heteroatoms. The SMILES string of the molecule is O=C(CN1CCc2ccc(-c3ccncc3Cl)cc21)N1CCOCC1. The number of rotatable bonds is 3. The van der Waals surface area contributed by atoms with E-state index in [-0.39, 0.29) is 5.91 Å². The van der Waals surface area contributed by atoms with Gasteiger partial charge in [0.15, 0.2) is 0 Å². The number of hydrogen-bond acceptors (Lipinski definition) is 4. The van der Waals surface area contributed by atoms with Gasteiger partial charge in [0.25, 0.3) is 0 Å². The second kappa shape index (κ2) is 7.02. The predicted octanol–water partition coefficient (Wildman–Crippen LogP) is 2.62. The molecule has 2 aromatic rings. The zero-order valence-electron chi connectivity index (χ0n) is 13.9. The Labute approximate surface area is 152 Å². The molecule has 2 aliphatic rings. The minimum Gasteiger partial charge on any atom is -0.378 e. The van der Waals surface area contributed by atoms with Crippen LogP contribution in [-0.4, -0.2) is 55.2 Å². The molecule has 0 aliphatic carbocycles. The summed E-state index contributed by atoms with van der Waals surface area (Å²) in [5.74, 6) is 0.170. The normalized spacial score (nSPS) is 16.8. The molecule has 1 amide bonds. The van der Waals surface area contributed by atoms with Crippen LogP contribution in [0.3, 0.4) is 0 Å². The molecular weight excluding hydrogens is 338 g/mol. The Morgan fingerprint density at radius 2 is 2.04 bits per heavy atom. The average molecular weight is 358 g/mol. The second-order valence-corrected chi connectivity index (χ2v) is 6.77. The minimum absolute atomic E-state index is 0.170. The van der Waals surface area contributed by atoms with Crippen LogP contribution in [0, 0.1) is 0 Å². The zero-order valence-corrected chi connectivity index (χ0v) is 14.7. The van der Waals surface area contributed by atoms with Crippen molar-refractivity contribution in [3.8, 4) is 11.1 Å². The van der Waals surface area contributed by atoms with Crippen molar-refractivity contribution in [1.29, 1.82) is 0 Å². The first kappa shape index (κ1) is 16.4. The van der Waals surface area contributed by atoms with Gasteiger partial charge >= 0.3 is 0 Å². The van der Waals surface area contributed by atoms with E-state index in [0.29, 0.717) is 37.9 Å². The second-order valence-electron chi connectivity index (χ2n) is 6.36. The number of carbonyl (C=O) groups excluding carboxylic acids is 1. The maximum Gasteiger partial charge on any atom is 0.242 e. The van der Waals surface area contributed by atoms with Crippen LogP contribution in [0.1, 0.15) is 5.56 Å². The number of nitrogens with zero attached hydrogens (tertiary/aromatic N) is 3. The molecule has 25 heavy (non-hydrogen) atoms. The highest BCUT2D eigenvalue weighted by atomic mass is 35.5. The summed E-state index contributed by atoms with van der Waals surface area (Å²) in [6.45, 7) is 3.93. The van der Waals surface area contributed by atoms with Gasteiger partial charge in [-0.05, 0) is 29.7 Å². The van der Waals surface area contributed by atoms with Crippen molar-refractivity contribution in [3.05, 3.63) is 47.2 Å². The number of pyridine rings is 1. The Bertz CT molecular complexity index is 790. The molecule has 0 saturated carbocycles. The van der Waals surface area contributed by atoms with Crippen LogP contribution < -0.4 is 4.90 Å². The molecule has 0 unspecified atom stereocenters. The molecule has 1 fully saturated rings. The Balaban J connectivity index is 1.56. The number of morpholine rings is 1. The van der Waals surface area contributed by atoms with Crippen LogP contribution in [-0.2, 0) is 16.0 Å². The number of fused-ring (bicyclic) bond motifs is 1. The van der Waals surface area contributed by atoms with Crippen LogP contribution in [0.25, 0.3) is 11.1 Å².